The van der Waals surface area contributed by atoms with Crippen LogP contribution in [0.25, 0.3) is 0 Å². The van der Waals surface area contributed by atoms with Crippen LogP contribution in [0.1, 0.15) is 34.4 Å². The van der Waals surface area contributed by atoms with Gasteiger partial charge in [-0.25, -0.2) is 0 Å². The Hall–Kier alpha value is -2.72. The summed E-state index contributed by atoms with van der Waals surface area (Å²) in [6.07, 6.45) is 7.20. The van der Waals surface area contributed by atoms with Crippen LogP contribution in [0, 0.1) is 11.3 Å². The molecule has 2 N–H and O–H groups in total. The molecule has 0 aliphatic heterocycles. The number of nitriles is 1. The van der Waals surface area contributed by atoms with Crippen molar-refractivity contribution in [3.8, 4) is 6.07 Å². The first kappa shape index (κ1) is 16.1. The van der Waals surface area contributed by atoms with E-state index in [1.807, 2.05) is 6.07 Å². The Labute approximate surface area is 143 Å². The van der Waals surface area contributed by atoms with Crippen molar-refractivity contribution in [2.45, 2.75) is 32.2 Å². The van der Waals surface area contributed by atoms with Crippen molar-refractivity contribution in [3.05, 3.63) is 46.1 Å². The lowest BCUT2D eigenvalue weighted by atomic mass is 9.96. The normalized spacial score (nSPS) is 12.8. The van der Waals surface area contributed by atoms with E-state index in [0.29, 0.717) is 10.6 Å². The maximum absolute atomic E-state index is 12.1. The highest BCUT2D eigenvalue weighted by Crippen LogP contribution is 2.37. The topological polar surface area (TPSA) is 94.9 Å². The lowest BCUT2D eigenvalue weighted by Gasteiger charge is -2.09. The molecule has 6 nitrogen and oxygen atoms in total. The molecule has 0 fully saturated rings. The minimum Gasteiger partial charge on any atom is -0.344 e. The summed E-state index contributed by atoms with van der Waals surface area (Å²) in [7, 11) is 0. The molecule has 24 heavy (non-hydrogen) atoms. The van der Waals surface area contributed by atoms with Crippen LogP contribution in [0.4, 0.5) is 5.00 Å². The molecule has 0 atom stereocenters. The SMILES string of the molecule is N#Cc1c(NC(=O)C(=O)NCc2cccnc2)sc2c1CCCC2. The van der Waals surface area contributed by atoms with Crippen LogP contribution in [0.15, 0.2) is 24.5 Å². The molecule has 1 aliphatic carbocycles. The molecule has 7 heteroatoms. The number of amides is 2. The summed E-state index contributed by atoms with van der Waals surface area (Å²) in [5.74, 6) is -1.48. The first-order valence-electron chi connectivity index (χ1n) is 7.71. The summed E-state index contributed by atoms with van der Waals surface area (Å²) < 4.78 is 0. The number of aryl methyl sites for hydroxylation is 1. The van der Waals surface area contributed by atoms with E-state index < -0.39 is 11.8 Å². The van der Waals surface area contributed by atoms with Gasteiger partial charge in [-0.15, -0.1) is 11.3 Å². The van der Waals surface area contributed by atoms with Crippen molar-refractivity contribution in [3.63, 3.8) is 0 Å². The van der Waals surface area contributed by atoms with Gasteiger partial charge >= 0.3 is 11.8 Å². The van der Waals surface area contributed by atoms with Gasteiger partial charge in [-0.05, 0) is 42.9 Å². The van der Waals surface area contributed by atoms with Crippen LogP contribution in [-0.2, 0) is 29.0 Å². The highest BCUT2D eigenvalue weighted by atomic mass is 32.1. The molecule has 0 aromatic carbocycles. The van der Waals surface area contributed by atoms with E-state index in [2.05, 4.69) is 21.7 Å². The quantitative estimate of drug-likeness (QED) is 0.837. The number of nitrogens with one attached hydrogen (secondary N) is 2. The molecular formula is C17H16N4O2S. The Balaban J connectivity index is 1.65. The fourth-order valence-electron chi connectivity index (χ4n) is 2.70. The maximum Gasteiger partial charge on any atom is 0.314 e. The van der Waals surface area contributed by atoms with E-state index in [1.54, 1.807) is 18.5 Å². The van der Waals surface area contributed by atoms with Gasteiger partial charge in [0.25, 0.3) is 0 Å². The van der Waals surface area contributed by atoms with Crippen molar-refractivity contribution >= 4 is 28.2 Å². The molecule has 2 heterocycles. The lowest BCUT2D eigenvalue weighted by Crippen LogP contribution is -2.34. The minimum atomic E-state index is -0.756. The van der Waals surface area contributed by atoms with Gasteiger partial charge in [-0.1, -0.05) is 6.07 Å². The average Bonchev–Trinajstić information content (AvgIpc) is 2.97. The predicted octanol–water partition coefficient (Wildman–Crippen LogP) is 2.15. The standard InChI is InChI=1S/C17H16N4O2S/c18-8-13-12-5-1-2-6-14(12)24-17(13)21-16(23)15(22)20-10-11-4-3-7-19-9-11/h3-4,7,9H,1-2,5-6,10H2,(H,20,22)(H,21,23). The minimum absolute atomic E-state index is 0.228. The molecule has 0 saturated carbocycles. The van der Waals surface area contributed by atoms with Gasteiger partial charge in [0, 0.05) is 23.8 Å². The smallest absolute Gasteiger partial charge is 0.314 e. The van der Waals surface area contributed by atoms with Gasteiger partial charge in [0.05, 0.1) is 5.56 Å². The summed E-state index contributed by atoms with van der Waals surface area (Å²) in [5, 5.41) is 15.0. The van der Waals surface area contributed by atoms with E-state index in [9.17, 15) is 14.9 Å². The first-order valence-corrected chi connectivity index (χ1v) is 8.53. The highest BCUT2D eigenvalue weighted by molar-refractivity contribution is 7.16. The summed E-state index contributed by atoms with van der Waals surface area (Å²) in [4.78, 5) is 29.1. The number of carbonyl (C=O) groups is 2. The number of rotatable bonds is 3. The van der Waals surface area contributed by atoms with Crippen LogP contribution in [-0.4, -0.2) is 16.8 Å². The van der Waals surface area contributed by atoms with E-state index in [0.717, 1.165) is 41.7 Å². The van der Waals surface area contributed by atoms with Crippen molar-refractivity contribution in [2.24, 2.45) is 0 Å². The lowest BCUT2D eigenvalue weighted by molar-refractivity contribution is -0.136. The van der Waals surface area contributed by atoms with Crippen LogP contribution >= 0.6 is 11.3 Å². The number of aromatic nitrogens is 1. The zero-order valence-electron chi connectivity index (χ0n) is 13.0. The van der Waals surface area contributed by atoms with Crippen LogP contribution in [0.5, 0.6) is 0 Å². The number of fused-ring (bicyclic) bond motifs is 1. The Morgan fingerprint density at radius 2 is 2.12 bits per heavy atom. The zero-order chi connectivity index (χ0) is 16.9. The molecule has 0 radical (unpaired) electrons. The van der Waals surface area contributed by atoms with Crippen molar-refractivity contribution < 1.29 is 9.59 Å². The van der Waals surface area contributed by atoms with Crippen LogP contribution in [0.2, 0.25) is 0 Å². The second-order valence-corrected chi connectivity index (χ2v) is 6.63. The Kier molecular flexibility index (Phi) is 4.87. The third-order valence-electron chi connectivity index (χ3n) is 3.89. The monoisotopic (exact) mass is 340 g/mol. The van der Waals surface area contributed by atoms with Gasteiger partial charge in [0.2, 0.25) is 0 Å². The van der Waals surface area contributed by atoms with Gasteiger partial charge in [0.15, 0.2) is 0 Å². The average molecular weight is 340 g/mol. The summed E-state index contributed by atoms with van der Waals surface area (Å²) in [5.41, 5.74) is 2.34. The number of hydrogen-bond acceptors (Lipinski definition) is 5. The van der Waals surface area contributed by atoms with Gasteiger partial charge in [0.1, 0.15) is 11.1 Å². The maximum atomic E-state index is 12.1. The molecule has 3 rings (SSSR count). The van der Waals surface area contributed by atoms with Crippen molar-refractivity contribution in [1.29, 1.82) is 5.26 Å². The largest absolute Gasteiger partial charge is 0.344 e. The number of pyridine rings is 1. The molecular weight excluding hydrogens is 324 g/mol. The molecule has 2 aromatic rings. The Bertz CT molecular complexity index is 808. The molecule has 0 spiro atoms. The van der Waals surface area contributed by atoms with Gasteiger partial charge in [-0.2, -0.15) is 5.26 Å². The van der Waals surface area contributed by atoms with E-state index in [4.69, 9.17) is 0 Å². The predicted molar refractivity (Wildman–Crippen MR) is 90.4 cm³/mol. The second-order valence-electron chi connectivity index (χ2n) is 5.52. The zero-order valence-corrected chi connectivity index (χ0v) is 13.8. The Morgan fingerprint density at radius 1 is 1.29 bits per heavy atom. The second kappa shape index (κ2) is 7.23. The van der Waals surface area contributed by atoms with E-state index in [-0.39, 0.29) is 6.54 Å². The number of nitrogens with zero attached hydrogens (tertiary/aromatic N) is 2. The summed E-state index contributed by atoms with van der Waals surface area (Å²) in [6, 6.07) is 5.73. The number of anilines is 1. The van der Waals surface area contributed by atoms with Crippen molar-refractivity contribution in [2.75, 3.05) is 5.32 Å². The third-order valence-corrected chi connectivity index (χ3v) is 5.10. The fourth-order valence-corrected chi connectivity index (χ4v) is 3.93. The highest BCUT2D eigenvalue weighted by Gasteiger charge is 2.23. The number of thiophene rings is 1. The van der Waals surface area contributed by atoms with E-state index >= 15 is 0 Å². The first-order chi connectivity index (χ1) is 11.7. The number of carbonyl (C=O) groups excluding carboxylic acids is 2. The number of hydrogen-bond donors (Lipinski definition) is 2. The molecule has 0 saturated heterocycles. The molecule has 122 valence electrons. The molecule has 1 aliphatic rings. The Morgan fingerprint density at radius 3 is 2.88 bits per heavy atom. The molecule has 2 aromatic heterocycles. The third kappa shape index (κ3) is 3.44. The molecule has 0 bridgehead atoms. The summed E-state index contributed by atoms with van der Waals surface area (Å²) in [6.45, 7) is 0.228. The van der Waals surface area contributed by atoms with E-state index in [1.165, 1.54) is 11.3 Å². The van der Waals surface area contributed by atoms with Crippen LogP contribution in [0.3, 0.4) is 0 Å². The molecule has 0 unspecified atom stereocenters. The van der Waals surface area contributed by atoms with Crippen LogP contribution < -0.4 is 10.6 Å². The fraction of sp³-hybridized carbons (Fsp3) is 0.294. The van der Waals surface area contributed by atoms with Gasteiger partial charge in [-0.3, -0.25) is 14.6 Å². The summed E-state index contributed by atoms with van der Waals surface area (Å²) >= 11 is 1.40. The molecule has 2 amide bonds. The van der Waals surface area contributed by atoms with Gasteiger partial charge < -0.3 is 10.6 Å². The van der Waals surface area contributed by atoms with Crippen molar-refractivity contribution in [1.82, 2.24) is 10.3 Å².